The minimum atomic E-state index is -0.457. The van der Waals surface area contributed by atoms with Crippen molar-refractivity contribution in [3.63, 3.8) is 0 Å². The third-order valence-electron chi connectivity index (χ3n) is 4.80. The summed E-state index contributed by atoms with van der Waals surface area (Å²) in [6.07, 6.45) is 4.64. The summed E-state index contributed by atoms with van der Waals surface area (Å²) in [5, 5.41) is 2.92. The van der Waals surface area contributed by atoms with Gasteiger partial charge in [-0.2, -0.15) is 0 Å². The van der Waals surface area contributed by atoms with Crippen LogP contribution in [0.4, 0.5) is 0 Å². The van der Waals surface area contributed by atoms with E-state index in [1.807, 2.05) is 31.2 Å². The van der Waals surface area contributed by atoms with Crippen molar-refractivity contribution in [2.45, 2.75) is 51.7 Å². The van der Waals surface area contributed by atoms with Gasteiger partial charge < -0.3 is 10.1 Å². The lowest BCUT2D eigenvalue weighted by Gasteiger charge is -2.18. The Bertz CT molecular complexity index is 763. The minimum absolute atomic E-state index is 0.106. The topological polar surface area (TPSA) is 64.1 Å². The van der Waals surface area contributed by atoms with Gasteiger partial charge in [-0.1, -0.05) is 18.2 Å². The number of para-hydroxylation sites is 1. The summed E-state index contributed by atoms with van der Waals surface area (Å²) < 4.78 is 5.72. The van der Waals surface area contributed by atoms with E-state index < -0.39 is 6.10 Å². The molecule has 1 unspecified atom stereocenters. The predicted octanol–water partition coefficient (Wildman–Crippen LogP) is 2.28. The van der Waals surface area contributed by atoms with Gasteiger partial charge in [-0.3, -0.25) is 4.79 Å². The van der Waals surface area contributed by atoms with E-state index in [9.17, 15) is 4.79 Å². The van der Waals surface area contributed by atoms with Crippen LogP contribution in [-0.4, -0.2) is 22.0 Å². The Balaban J connectivity index is 1.41. The monoisotopic (exact) mass is 323 g/mol. The van der Waals surface area contributed by atoms with E-state index in [-0.39, 0.29) is 5.91 Å². The van der Waals surface area contributed by atoms with Crippen LogP contribution in [0.3, 0.4) is 0 Å². The van der Waals surface area contributed by atoms with Gasteiger partial charge in [0.2, 0.25) is 0 Å². The minimum Gasteiger partial charge on any atom is -0.480 e. The van der Waals surface area contributed by atoms with E-state index in [0.29, 0.717) is 18.8 Å². The molecule has 0 radical (unpaired) electrons. The lowest BCUT2D eigenvalue weighted by molar-refractivity contribution is -0.127. The molecule has 1 aromatic heterocycles. The van der Waals surface area contributed by atoms with Gasteiger partial charge in [0, 0.05) is 17.8 Å². The van der Waals surface area contributed by atoms with Crippen molar-refractivity contribution >= 4 is 5.91 Å². The average molecular weight is 323 g/mol. The standard InChI is InChI=1S/C19H21N3O2/c1-12-14-7-3-4-8-15(14)22-18(21-12)11-20-19(23)17-10-13-6-2-5-9-16(13)24-17/h2,5-6,9,17H,3-4,7-8,10-11H2,1H3,(H,20,23). The molecule has 0 saturated carbocycles. The largest absolute Gasteiger partial charge is 0.480 e. The van der Waals surface area contributed by atoms with Gasteiger partial charge in [0.05, 0.1) is 6.54 Å². The first-order valence-corrected chi connectivity index (χ1v) is 8.58. The van der Waals surface area contributed by atoms with Crippen LogP contribution in [0, 0.1) is 6.92 Å². The van der Waals surface area contributed by atoms with Crippen LogP contribution in [-0.2, 0) is 30.6 Å². The smallest absolute Gasteiger partial charge is 0.261 e. The highest BCUT2D eigenvalue weighted by Gasteiger charge is 2.28. The second-order valence-electron chi connectivity index (χ2n) is 6.49. The Morgan fingerprint density at radius 3 is 2.96 bits per heavy atom. The van der Waals surface area contributed by atoms with Gasteiger partial charge in [0.15, 0.2) is 6.10 Å². The van der Waals surface area contributed by atoms with Gasteiger partial charge in [-0.15, -0.1) is 0 Å². The Kier molecular flexibility index (Phi) is 3.92. The molecule has 1 aromatic carbocycles. The summed E-state index contributed by atoms with van der Waals surface area (Å²) >= 11 is 0. The number of hydrogen-bond acceptors (Lipinski definition) is 4. The maximum atomic E-state index is 12.4. The fraction of sp³-hybridized carbons (Fsp3) is 0.421. The Hall–Kier alpha value is -2.43. The third-order valence-corrected chi connectivity index (χ3v) is 4.80. The van der Waals surface area contributed by atoms with E-state index in [4.69, 9.17) is 4.74 Å². The number of aromatic nitrogens is 2. The number of carbonyl (C=O) groups is 1. The molecule has 5 nitrogen and oxygen atoms in total. The summed E-state index contributed by atoms with van der Waals surface area (Å²) in [5.41, 5.74) is 4.58. The highest BCUT2D eigenvalue weighted by atomic mass is 16.5. The first-order chi connectivity index (χ1) is 11.7. The van der Waals surface area contributed by atoms with Crippen LogP contribution in [0.2, 0.25) is 0 Å². The number of rotatable bonds is 3. The fourth-order valence-electron chi connectivity index (χ4n) is 3.53. The Labute approximate surface area is 141 Å². The van der Waals surface area contributed by atoms with E-state index >= 15 is 0 Å². The van der Waals surface area contributed by atoms with Crippen molar-refractivity contribution in [1.29, 1.82) is 0 Å². The van der Waals surface area contributed by atoms with Gasteiger partial charge in [0.25, 0.3) is 5.91 Å². The number of ether oxygens (including phenoxy) is 1. The number of amides is 1. The molecule has 2 aromatic rings. The van der Waals surface area contributed by atoms with Gasteiger partial charge in [-0.25, -0.2) is 9.97 Å². The molecule has 1 N–H and O–H groups in total. The molecule has 0 fully saturated rings. The summed E-state index contributed by atoms with van der Waals surface area (Å²) in [4.78, 5) is 21.6. The summed E-state index contributed by atoms with van der Waals surface area (Å²) in [6, 6.07) is 7.78. The third kappa shape index (κ3) is 2.86. The zero-order valence-electron chi connectivity index (χ0n) is 13.8. The summed E-state index contributed by atoms with van der Waals surface area (Å²) in [5.74, 6) is 1.39. The highest BCUT2D eigenvalue weighted by molar-refractivity contribution is 5.82. The summed E-state index contributed by atoms with van der Waals surface area (Å²) in [6.45, 7) is 2.39. The van der Waals surface area contributed by atoms with Crippen LogP contribution in [0.15, 0.2) is 24.3 Å². The average Bonchev–Trinajstić information content (AvgIpc) is 3.04. The SMILES string of the molecule is Cc1nc(CNC(=O)C2Cc3ccccc3O2)nc2c1CCCC2. The van der Waals surface area contributed by atoms with Crippen molar-refractivity contribution < 1.29 is 9.53 Å². The van der Waals surface area contributed by atoms with Crippen molar-refractivity contribution in [2.75, 3.05) is 0 Å². The summed E-state index contributed by atoms with van der Waals surface area (Å²) in [7, 11) is 0. The lowest BCUT2D eigenvalue weighted by atomic mass is 9.95. The molecule has 124 valence electrons. The molecule has 0 spiro atoms. The second kappa shape index (κ2) is 6.23. The van der Waals surface area contributed by atoms with Crippen molar-refractivity contribution in [3.8, 4) is 5.75 Å². The number of benzene rings is 1. The normalized spacial score (nSPS) is 18.5. The molecule has 1 atom stereocenters. The van der Waals surface area contributed by atoms with Crippen LogP contribution in [0.1, 0.15) is 41.2 Å². The molecule has 2 heterocycles. The maximum absolute atomic E-state index is 12.4. The number of nitrogens with zero attached hydrogens (tertiary/aromatic N) is 2. The molecule has 0 saturated heterocycles. The van der Waals surface area contributed by atoms with Crippen LogP contribution in [0.5, 0.6) is 5.75 Å². The fourth-order valence-corrected chi connectivity index (χ4v) is 3.53. The van der Waals surface area contributed by atoms with Crippen molar-refractivity contribution in [2.24, 2.45) is 0 Å². The van der Waals surface area contributed by atoms with E-state index in [1.54, 1.807) is 0 Å². The van der Waals surface area contributed by atoms with Crippen LogP contribution >= 0.6 is 0 Å². The quantitative estimate of drug-likeness (QED) is 0.941. The van der Waals surface area contributed by atoms with Gasteiger partial charge in [-0.05, 0) is 49.8 Å². The molecule has 1 amide bonds. The molecule has 2 aliphatic rings. The number of carbonyl (C=O) groups excluding carboxylic acids is 1. The molecule has 5 heteroatoms. The van der Waals surface area contributed by atoms with E-state index in [1.165, 1.54) is 18.4 Å². The molecular formula is C19H21N3O2. The lowest BCUT2D eigenvalue weighted by Crippen LogP contribution is -2.37. The Morgan fingerprint density at radius 1 is 1.25 bits per heavy atom. The zero-order valence-corrected chi connectivity index (χ0v) is 13.8. The zero-order chi connectivity index (χ0) is 16.5. The number of hydrogen-bond donors (Lipinski definition) is 1. The van der Waals surface area contributed by atoms with Crippen LogP contribution < -0.4 is 10.1 Å². The maximum Gasteiger partial charge on any atom is 0.261 e. The van der Waals surface area contributed by atoms with Crippen molar-refractivity contribution in [1.82, 2.24) is 15.3 Å². The molecule has 1 aliphatic carbocycles. The van der Waals surface area contributed by atoms with E-state index in [2.05, 4.69) is 15.3 Å². The molecule has 4 rings (SSSR count). The number of aryl methyl sites for hydroxylation is 2. The second-order valence-corrected chi connectivity index (χ2v) is 6.49. The number of nitrogens with one attached hydrogen (secondary N) is 1. The molecular weight excluding hydrogens is 302 g/mol. The van der Waals surface area contributed by atoms with Gasteiger partial charge >= 0.3 is 0 Å². The molecule has 24 heavy (non-hydrogen) atoms. The Morgan fingerprint density at radius 2 is 2.08 bits per heavy atom. The van der Waals surface area contributed by atoms with Crippen LogP contribution in [0.25, 0.3) is 0 Å². The number of fused-ring (bicyclic) bond motifs is 2. The van der Waals surface area contributed by atoms with Crippen molar-refractivity contribution in [3.05, 3.63) is 52.6 Å². The van der Waals surface area contributed by atoms with E-state index in [0.717, 1.165) is 35.5 Å². The van der Waals surface area contributed by atoms with Gasteiger partial charge in [0.1, 0.15) is 11.6 Å². The molecule has 1 aliphatic heterocycles. The first kappa shape index (κ1) is 15.1. The first-order valence-electron chi connectivity index (χ1n) is 8.58. The predicted molar refractivity (Wildman–Crippen MR) is 89.8 cm³/mol. The highest BCUT2D eigenvalue weighted by Crippen LogP contribution is 2.28. The molecule has 0 bridgehead atoms.